The van der Waals surface area contributed by atoms with Crippen LogP contribution in [-0.2, 0) is 9.84 Å². The maximum absolute atomic E-state index is 11.1. The van der Waals surface area contributed by atoms with Crippen molar-refractivity contribution in [3.05, 3.63) is 0 Å². The van der Waals surface area contributed by atoms with Gasteiger partial charge in [0.1, 0.15) is 9.84 Å². The Morgan fingerprint density at radius 3 is 2.40 bits per heavy atom. The standard InChI is InChI=1S/C11H23NO2S/c1-9-4-5-11(12,8-10(9)2)6-7-15(3,13)14/h9-10H,4-8,12H2,1-3H3. The summed E-state index contributed by atoms with van der Waals surface area (Å²) < 4.78 is 22.2. The van der Waals surface area contributed by atoms with E-state index in [1.54, 1.807) is 0 Å². The van der Waals surface area contributed by atoms with E-state index in [9.17, 15) is 8.42 Å². The van der Waals surface area contributed by atoms with Crippen LogP contribution in [0, 0.1) is 11.8 Å². The van der Waals surface area contributed by atoms with Gasteiger partial charge >= 0.3 is 0 Å². The predicted molar refractivity (Wildman–Crippen MR) is 63.4 cm³/mol. The molecular formula is C11H23NO2S. The molecule has 1 saturated carbocycles. The zero-order valence-corrected chi connectivity index (χ0v) is 10.8. The van der Waals surface area contributed by atoms with Crippen LogP contribution in [0.5, 0.6) is 0 Å². The van der Waals surface area contributed by atoms with Crippen LogP contribution in [0.3, 0.4) is 0 Å². The SMILES string of the molecule is CC1CCC(N)(CCS(C)(=O)=O)CC1C. The first-order valence-electron chi connectivity index (χ1n) is 5.68. The average Bonchev–Trinajstić information content (AvgIpc) is 2.08. The molecule has 1 fully saturated rings. The fraction of sp³-hybridized carbons (Fsp3) is 1.00. The molecule has 3 nitrogen and oxygen atoms in total. The Bertz CT molecular complexity index is 313. The van der Waals surface area contributed by atoms with E-state index in [4.69, 9.17) is 5.73 Å². The molecule has 0 radical (unpaired) electrons. The van der Waals surface area contributed by atoms with Gasteiger partial charge in [-0.25, -0.2) is 8.42 Å². The van der Waals surface area contributed by atoms with E-state index in [2.05, 4.69) is 13.8 Å². The Labute approximate surface area is 93.3 Å². The molecule has 1 aliphatic carbocycles. The lowest BCUT2D eigenvalue weighted by atomic mass is 9.71. The van der Waals surface area contributed by atoms with Gasteiger partial charge < -0.3 is 5.73 Å². The van der Waals surface area contributed by atoms with Crippen LogP contribution in [-0.4, -0.2) is 26.0 Å². The van der Waals surface area contributed by atoms with Crippen molar-refractivity contribution in [3.8, 4) is 0 Å². The van der Waals surface area contributed by atoms with Crippen LogP contribution in [0.4, 0.5) is 0 Å². The van der Waals surface area contributed by atoms with Crippen molar-refractivity contribution in [1.82, 2.24) is 0 Å². The summed E-state index contributed by atoms with van der Waals surface area (Å²) in [5, 5.41) is 0. The molecule has 1 aliphatic rings. The van der Waals surface area contributed by atoms with Gasteiger partial charge in [0.2, 0.25) is 0 Å². The zero-order valence-electron chi connectivity index (χ0n) is 9.99. The summed E-state index contributed by atoms with van der Waals surface area (Å²) in [6, 6.07) is 0. The topological polar surface area (TPSA) is 60.2 Å². The van der Waals surface area contributed by atoms with Crippen molar-refractivity contribution >= 4 is 9.84 Å². The first kappa shape index (κ1) is 13.0. The Morgan fingerprint density at radius 1 is 1.33 bits per heavy atom. The van der Waals surface area contributed by atoms with Gasteiger partial charge in [-0.05, 0) is 37.5 Å². The largest absolute Gasteiger partial charge is 0.325 e. The van der Waals surface area contributed by atoms with Gasteiger partial charge in [0.05, 0.1) is 5.75 Å². The third-order valence-corrected chi connectivity index (χ3v) is 4.71. The molecule has 0 spiro atoms. The predicted octanol–water partition coefficient (Wildman–Crippen LogP) is 1.57. The van der Waals surface area contributed by atoms with Gasteiger partial charge in [-0.15, -0.1) is 0 Å². The summed E-state index contributed by atoms with van der Waals surface area (Å²) in [4.78, 5) is 0. The van der Waals surface area contributed by atoms with Crippen molar-refractivity contribution in [2.45, 2.75) is 45.1 Å². The van der Waals surface area contributed by atoms with Crippen LogP contribution in [0.15, 0.2) is 0 Å². The van der Waals surface area contributed by atoms with Crippen LogP contribution < -0.4 is 5.73 Å². The lowest BCUT2D eigenvalue weighted by Gasteiger charge is -2.40. The smallest absolute Gasteiger partial charge is 0.147 e. The van der Waals surface area contributed by atoms with Gasteiger partial charge in [0.15, 0.2) is 0 Å². The van der Waals surface area contributed by atoms with Crippen LogP contribution >= 0.6 is 0 Å². The monoisotopic (exact) mass is 233 g/mol. The molecule has 15 heavy (non-hydrogen) atoms. The third kappa shape index (κ3) is 4.11. The fourth-order valence-electron chi connectivity index (χ4n) is 2.36. The second-order valence-electron chi connectivity index (χ2n) is 5.44. The highest BCUT2D eigenvalue weighted by Crippen LogP contribution is 2.36. The molecule has 4 heteroatoms. The van der Waals surface area contributed by atoms with Crippen molar-refractivity contribution in [2.75, 3.05) is 12.0 Å². The van der Waals surface area contributed by atoms with E-state index in [-0.39, 0.29) is 11.3 Å². The maximum Gasteiger partial charge on any atom is 0.147 e. The molecular weight excluding hydrogens is 210 g/mol. The van der Waals surface area contributed by atoms with Crippen molar-refractivity contribution < 1.29 is 8.42 Å². The molecule has 90 valence electrons. The Kier molecular flexibility index (Phi) is 3.82. The summed E-state index contributed by atoms with van der Waals surface area (Å²) in [5.74, 6) is 1.56. The molecule has 0 bridgehead atoms. The van der Waals surface area contributed by atoms with E-state index in [1.807, 2.05) is 0 Å². The Hall–Kier alpha value is -0.0900. The maximum atomic E-state index is 11.1. The van der Waals surface area contributed by atoms with E-state index in [0.717, 1.165) is 25.2 Å². The van der Waals surface area contributed by atoms with Gasteiger partial charge in [-0.3, -0.25) is 0 Å². The average molecular weight is 233 g/mol. The number of sulfone groups is 1. The van der Waals surface area contributed by atoms with Gasteiger partial charge in [-0.1, -0.05) is 13.8 Å². The molecule has 3 atom stereocenters. The first-order chi connectivity index (χ1) is 6.72. The minimum absolute atomic E-state index is 0.227. The normalized spacial score (nSPS) is 37.9. The van der Waals surface area contributed by atoms with Crippen LogP contribution in [0.1, 0.15) is 39.5 Å². The van der Waals surface area contributed by atoms with E-state index in [0.29, 0.717) is 12.3 Å². The molecule has 0 aromatic rings. The Morgan fingerprint density at radius 2 is 1.93 bits per heavy atom. The zero-order chi connectivity index (χ0) is 11.7. The summed E-state index contributed by atoms with van der Waals surface area (Å²) in [5.41, 5.74) is 6.01. The molecule has 0 amide bonds. The first-order valence-corrected chi connectivity index (χ1v) is 7.74. The second-order valence-corrected chi connectivity index (χ2v) is 7.70. The van der Waals surface area contributed by atoms with E-state index >= 15 is 0 Å². The molecule has 0 saturated heterocycles. The minimum atomic E-state index is -2.87. The lowest BCUT2D eigenvalue weighted by Crippen LogP contribution is -2.47. The third-order valence-electron chi connectivity index (χ3n) is 3.77. The Balaban J connectivity index is 2.53. The fourth-order valence-corrected chi connectivity index (χ4v) is 3.14. The highest BCUT2D eigenvalue weighted by Gasteiger charge is 2.34. The second kappa shape index (κ2) is 4.42. The van der Waals surface area contributed by atoms with Crippen molar-refractivity contribution in [3.63, 3.8) is 0 Å². The number of rotatable bonds is 3. The van der Waals surface area contributed by atoms with Gasteiger partial charge in [-0.2, -0.15) is 0 Å². The van der Waals surface area contributed by atoms with E-state index < -0.39 is 9.84 Å². The number of nitrogens with two attached hydrogens (primary N) is 1. The number of hydrogen-bond acceptors (Lipinski definition) is 3. The van der Waals surface area contributed by atoms with Crippen molar-refractivity contribution in [1.29, 1.82) is 0 Å². The van der Waals surface area contributed by atoms with Gasteiger partial charge in [0, 0.05) is 11.8 Å². The van der Waals surface area contributed by atoms with Gasteiger partial charge in [0.25, 0.3) is 0 Å². The quantitative estimate of drug-likeness (QED) is 0.805. The summed E-state index contributed by atoms with van der Waals surface area (Å²) in [6.45, 7) is 4.46. The van der Waals surface area contributed by atoms with E-state index in [1.165, 1.54) is 6.26 Å². The molecule has 0 aromatic carbocycles. The number of hydrogen-bond donors (Lipinski definition) is 1. The van der Waals surface area contributed by atoms with Crippen LogP contribution in [0.2, 0.25) is 0 Å². The minimum Gasteiger partial charge on any atom is -0.325 e. The summed E-state index contributed by atoms with van der Waals surface area (Å²) in [6.07, 6.45) is 4.95. The molecule has 2 N–H and O–H groups in total. The summed E-state index contributed by atoms with van der Waals surface area (Å²) in [7, 11) is -2.87. The highest BCUT2D eigenvalue weighted by molar-refractivity contribution is 7.90. The molecule has 0 aliphatic heterocycles. The molecule has 1 rings (SSSR count). The molecule has 3 unspecified atom stereocenters. The highest BCUT2D eigenvalue weighted by atomic mass is 32.2. The summed E-state index contributed by atoms with van der Waals surface area (Å²) >= 11 is 0. The van der Waals surface area contributed by atoms with Crippen LogP contribution in [0.25, 0.3) is 0 Å². The van der Waals surface area contributed by atoms with Crippen molar-refractivity contribution in [2.24, 2.45) is 17.6 Å². The lowest BCUT2D eigenvalue weighted by molar-refractivity contribution is 0.173. The molecule has 0 heterocycles. The molecule has 0 aromatic heterocycles.